The molecule has 0 atom stereocenters. The molecule has 3 heterocycles. The van der Waals surface area contributed by atoms with E-state index in [1.54, 1.807) is 12.1 Å². The maximum absolute atomic E-state index is 13.3. The fourth-order valence-electron chi connectivity index (χ4n) is 3.80. The molecule has 0 aliphatic rings. The van der Waals surface area contributed by atoms with E-state index in [4.69, 9.17) is 4.74 Å². The van der Waals surface area contributed by atoms with Gasteiger partial charge in [0.1, 0.15) is 23.5 Å². The first-order valence-electron chi connectivity index (χ1n) is 11.1. The summed E-state index contributed by atoms with van der Waals surface area (Å²) >= 11 is 1.42. The Kier molecular flexibility index (Phi) is 6.42. The number of hydrogen-bond donors (Lipinski definition) is 1. The topological polar surface area (TPSA) is 108 Å². The fraction of sp³-hybridized carbons (Fsp3) is 0.115. The molecule has 5 aromatic rings. The predicted octanol–water partition coefficient (Wildman–Crippen LogP) is 3.45. The molecule has 0 spiro atoms. The first-order valence-corrected chi connectivity index (χ1v) is 12.0. The minimum Gasteiger partial charge on any atom is -0.492 e. The molecule has 1 amide bonds. The molecule has 0 fully saturated rings. The Morgan fingerprint density at radius 1 is 1.00 bits per heavy atom. The van der Waals surface area contributed by atoms with Crippen LogP contribution in [0.1, 0.15) is 15.4 Å². The predicted molar refractivity (Wildman–Crippen MR) is 138 cm³/mol. The number of aromatic nitrogens is 4. The number of carbonyl (C=O) groups excluding carboxylic acids is 1. The Balaban J connectivity index is 1.39. The number of nitrogens with one attached hydrogen (secondary N) is 1. The zero-order valence-corrected chi connectivity index (χ0v) is 20.1. The van der Waals surface area contributed by atoms with Crippen LogP contribution in [-0.4, -0.2) is 32.0 Å². The van der Waals surface area contributed by atoms with Gasteiger partial charge in [-0.05, 0) is 30.7 Å². The van der Waals surface area contributed by atoms with Crippen LogP contribution in [-0.2, 0) is 6.54 Å². The van der Waals surface area contributed by atoms with E-state index in [2.05, 4.69) is 15.5 Å². The second-order valence-corrected chi connectivity index (χ2v) is 9.08. The van der Waals surface area contributed by atoms with E-state index in [9.17, 15) is 14.4 Å². The molecule has 9 nitrogen and oxygen atoms in total. The third-order valence-electron chi connectivity index (χ3n) is 5.49. The molecule has 2 aromatic carbocycles. The van der Waals surface area contributed by atoms with Crippen molar-refractivity contribution in [1.29, 1.82) is 0 Å². The van der Waals surface area contributed by atoms with Gasteiger partial charge in [-0.2, -0.15) is 5.10 Å². The lowest BCUT2D eigenvalue weighted by molar-refractivity contribution is 0.0999. The van der Waals surface area contributed by atoms with Crippen LogP contribution < -0.4 is 21.3 Å². The maximum Gasteiger partial charge on any atom is 0.290 e. The molecule has 0 saturated carbocycles. The second-order valence-electron chi connectivity index (χ2n) is 7.88. The fourth-order valence-corrected chi connectivity index (χ4v) is 4.80. The number of hydrogen-bond acceptors (Lipinski definition) is 7. The normalized spacial score (nSPS) is 10.9. The highest BCUT2D eigenvalue weighted by Crippen LogP contribution is 2.35. The highest BCUT2D eigenvalue weighted by atomic mass is 32.1. The van der Waals surface area contributed by atoms with Gasteiger partial charge in [-0.1, -0.05) is 48.5 Å². The Labute approximate surface area is 209 Å². The molecular formula is C26H21N5O4S. The molecule has 0 aliphatic heterocycles. The van der Waals surface area contributed by atoms with Crippen molar-refractivity contribution in [2.45, 2.75) is 13.5 Å². The van der Waals surface area contributed by atoms with Crippen molar-refractivity contribution in [2.24, 2.45) is 0 Å². The standard InChI is InChI=1S/C26H21N5O4S/c1-17-22(18-8-4-2-5-9-18)23-25(36-17)27-16-31(26(23)34)29-24(33)20-12-13-21(32)30(28-20)14-15-35-19-10-6-3-7-11-19/h2-13,16H,14-15H2,1H3,(H,29,33). The summed E-state index contributed by atoms with van der Waals surface area (Å²) in [5.41, 5.74) is 3.43. The summed E-state index contributed by atoms with van der Waals surface area (Å²) in [6.45, 7) is 2.28. The second kappa shape index (κ2) is 9.96. The summed E-state index contributed by atoms with van der Waals surface area (Å²) in [5, 5.41) is 4.57. The summed E-state index contributed by atoms with van der Waals surface area (Å²) in [4.78, 5) is 44.4. The maximum atomic E-state index is 13.3. The van der Waals surface area contributed by atoms with Crippen molar-refractivity contribution in [3.05, 3.63) is 110 Å². The molecule has 3 aromatic heterocycles. The minimum absolute atomic E-state index is 0.0221. The zero-order valence-electron chi connectivity index (χ0n) is 19.2. The molecule has 36 heavy (non-hydrogen) atoms. The largest absolute Gasteiger partial charge is 0.492 e. The Hall–Kier alpha value is -4.57. The van der Waals surface area contributed by atoms with Crippen LogP contribution in [0.3, 0.4) is 0 Å². The Morgan fingerprint density at radius 2 is 1.72 bits per heavy atom. The number of benzene rings is 2. The van der Waals surface area contributed by atoms with Crippen molar-refractivity contribution in [3.63, 3.8) is 0 Å². The highest BCUT2D eigenvalue weighted by Gasteiger charge is 2.18. The third kappa shape index (κ3) is 4.66. The van der Waals surface area contributed by atoms with Crippen LogP contribution in [0.15, 0.2) is 88.7 Å². The third-order valence-corrected chi connectivity index (χ3v) is 6.50. The molecule has 180 valence electrons. The highest BCUT2D eigenvalue weighted by molar-refractivity contribution is 7.19. The summed E-state index contributed by atoms with van der Waals surface area (Å²) in [5.74, 6) is 0.0180. The average Bonchev–Trinajstić information content (AvgIpc) is 3.24. The summed E-state index contributed by atoms with van der Waals surface area (Å²) in [6.07, 6.45) is 1.27. The van der Waals surface area contributed by atoms with Gasteiger partial charge in [0.05, 0.1) is 11.9 Å². The molecule has 0 unspecified atom stereocenters. The number of amides is 1. The van der Waals surface area contributed by atoms with Gasteiger partial charge in [0.25, 0.3) is 17.0 Å². The summed E-state index contributed by atoms with van der Waals surface area (Å²) in [6, 6.07) is 21.3. The van der Waals surface area contributed by atoms with E-state index in [0.29, 0.717) is 16.0 Å². The average molecular weight is 500 g/mol. The monoisotopic (exact) mass is 499 g/mol. The van der Waals surface area contributed by atoms with Gasteiger partial charge in [0.15, 0.2) is 5.69 Å². The van der Waals surface area contributed by atoms with Crippen molar-refractivity contribution < 1.29 is 9.53 Å². The number of rotatable bonds is 7. The van der Waals surface area contributed by atoms with E-state index >= 15 is 0 Å². The molecular weight excluding hydrogens is 478 g/mol. The first kappa shape index (κ1) is 23.2. The molecule has 10 heteroatoms. The van der Waals surface area contributed by atoms with E-state index in [-0.39, 0.29) is 24.4 Å². The number of ether oxygens (including phenoxy) is 1. The van der Waals surface area contributed by atoms with Crippen LogP contribution in [0.5, 0.6) is 5.75 Å². The number of carbonyl (C=O) groups is 1. The molecule has 1 N–H and O–H groups in total. The van der Waals surface area contributed by atoms with Crippen LogP contribution in [0.4, 0.5) is 0 Å². The number of aryl methyl sites for hydroxylation is 1. The quantitative estimate of drug-likeness (QED) is 0.368. The number of fused-ring (bicyclic) bond motifs is 1. The number of thiophene rings is 1. The Morgan fingerprint density at radius 3 is 2.47 bits per heavy atom. The van der Waals surface area contributed by atoms with Gasteiger partial charge in [0.2, 0.25) is 0 Å². The molecule has 5 rings (SSSR count). The van der Waals surface area contributed by atoms with Crippen molar-refractivity contribution in [2.75, 3.05) is 12.0 Å². The first-order chi connectivity index (χ1) is 17.5. The van der Waals surface area contributed by atoms with Gasteiger partial charge in [-0.15, -0.1) is 11.3 Å². The van der Waals surface area contributed by atoms with Gasteiger partial charge < -0.3 is 4.74 Å². The SMILES string of the molecule is Cc1sc2ncn(NC(=O)c3ccc(=O)n(CCOc4ccccc4)n3)c(=O)c2c1-c1ccccc1. The molecule has 0 radical (unpaired) electrons. The van der Waals surface area contributed by atoms with E-state index in [1.165, 1.54) is 29.8 Å². The van der Waals surface area contributed by atoms with Crippen LogP contribution >= 0.6 is 11.3 Å². The zero-order chi connectivity index (χ0) is 25.1. The van der Waals surface area contributed by atoms with E-state index in [0.717, 1.165) is 25.4 Å². The molecule has 0 saturated heterocycles. The lowest BCUT2D eigenvalue weighted by Crippen LogP contribution is -2.35. The van der Waals surface area contributed by atoms with Crippen LogP contribution in [0, 0.1) is 6.92 Å². The van der Waals surface area contributed by atoms with Crippen LogP contribution in [0.25, 0.3) is 21.3 Å². The summed E-state index contributed by atoms with van der Waals surface area (Å²) < 4.78 is 7.81. The van der Waals surface area contributed by atoms with E-state index < -0.39 is 11.5 Å². The van der Waals surface area contributed by atoms with Gasteiger partial charge in [-0.25, -0.2) is 14.3 Å². The van der Waals surface area contributed by atoms with Crippen molar-refractivity contribution in [1.82, 2.24) is 19.4 Å². The minimum atomic E-state index is -0.649. The van der Waals surface area contributed by atoms with E-state index in [1.807, 2.05) is 55.5 Å². The molecule has 0 aliphatic carbocycles. The lowest BCUT2D eigenvalue weighted by atomic mass is 10.0. The van der Waals surface area contributed by atoms with Crippen molar-refractivity contribution in [3.8, 4) is 16.9 Å². The van der Waals surface area contributed by atoms with Crippen molar-refractivity contribution >= 4 is 27.5 Å². The molecule has 0 bridgehead atoms. The lowest BCUT2D eigenvalue weighted by Gasteiger charge is -2.10. The summed E-state index contributed by atoms with van der Waals surface area (Å²) in [7, 11) is 0. The van der Waals surface area contributed by atoms with Gasteiger partial charge in [-0.3, -0.25) is 19.8 Å². The van der Waals surface area contributed by atoms with Crippen LogP contribution in [0.2, 0.25) is 0 Å². The Bertz CT molecular complexity index is 1660. The smallest absolute Gasteiger partial charge is 0.290 e. The number of nitrogens with zero attached hydrogens (tertiary/aromatic N) is 4. The van der Waals surface area contributed by atoms with Gasteiger partial charge >= 0.3 is 0 Å². The number of para-hydroxylation sites is 1. The van der Waals surface area contributed by atoms with Gasteiger partial charge in [0, 0.05) is 16.5 Å².